The van der Waals surface area contributed by atoms with E-state index in [9.17, 15) is 14.4 Å². The molecule has 0 spiro atoms. The zero-order chi connectivity index (χ0) is 22.8. The molecule has 0 bridgehead atoms. The van der Waals surface area contributed by atoms with Crippen molar-refractivity contribution in [3.8, 4) is 0 Å². The predicted molar refractivity (Wildman–Crippen MR) is 113 cm³/mol. The minimum atomic E-state index is -0.835. The Morgan fingerprint density at radius 2 is 1.81 bits per heavy atom. The molecule has 31 heavy (non-hydrogen) atoms. The Balaban J connectivity index is 1.64. The summed E-state index contributed by atoms with van der Waals surface area (Å²) < 4.78 is 16.5. The summed E-state index contributed by atoms with van der Waals surface area (Å²) in [5.74, 6) is -0.308. The van der Waals surface area contributed by atoms with Crippen LogP contribution in [0.4, 0.5) is 9.59 Å². The molecule has 2 atom stereocenters. The third-order valence-electron chi connectivity index (χ3n) is 5.40. The first kappa shape index (κ1) is 23.1. The fraction of sp³-hybridized carbons (Fsp3) is 0.609. The summed E-state index contributed by atoms with van der Waals surface area (Å²) in [7, 11) is 0. The number of imide groups is 1. The van der Waals surface area contributed by atoms with E-state index in [0.29, 0.717) is 19.4 Å². The molecule has 2 aliphatic rings. The SMILES string of the molecule is CC(C)(C)OC(=O)N1[C@@H](CCC(=O)N2C(=O)OC[C@H]2Cc2ccccc2)COC1(C)C. The van der Waals surface area contributed by atoms with Crippen LogP contribution in [0.3, 0.4) is 0 Å². The summed E-state index contributed by atoms with van der Waals surface area (Å²) in [6, 6.07) is 9.04. The third kappa shape index (κ3) is 5.55. The number of benzene rings is 1. The average Bonchev–Trinajstić information content (AvgIpc) is 3.18. The molecule has 2 aliphatic heterocycles. The second-order valence-corrected chi connectivity index (χ2v) is 9.48. The van der Waals surface area contributed by atoms with Crippen LogP contribution < -0.4 is 0 Å². The molecule has 1 aromatic carbocycles. The van der Waals surface area contributed by atoms with Gasteiger partial charge in [-0.25, -0.2) is 14.5 Å². The van der Waals surface area contributed by atoms with Crippen LogP contribution in [0, 0.1) is 0 Å². The van der Waals surface area contributed by atoms with Gasteiger partial charge in [0.05, 0.1) is 18.7 Å². The first-order chi connectivity index (χ1) is 14.5. The summed E-state index contributed by atoms with van der Waals surface area (Å²) in [6.45, 7) is 9.50. The molecule has 0 saturated carbocycles. The van der Waals surface area contributed by atoms with Crippen LogP contribution in [-0.4, -0.2) is 64.5 Å². The molecule has 0 N–H and O–H groups in total. The maximum Gasteiger partial charge on any atom is 0.416 e. The lowest BCUT2D eigenvalue weighted by Crippen LogP contribution is -2.50. The molecular formula is C23H32N2O6. The third-order valence-corrected chi connectivity index (χ3v) is 5.40. The number of carbonyl (C=O) groups excluding carboxylic acids is 3. The number of nitrogens with zero attached hydrogens (tertiary/aromatic N) is 2. The van der Waals surface area contributed by atoms with Crippen LogP contribution in [0.15, 0.2) is 30.3 Å². The van der Waals surface area contributed by atoms with Gasteiger partial charge in [-0.3, -0.25) is 9.69 Å². The van der Waals surface area contributed by atoms with E-state index in [1.54, 1.807) is 39.5 Å². The minimum Gasteiger partial charge on any atom is -0.447 e. The smallest absolute Gasteiger partial charge is 0.416 e. The number of hydrogen-bond acceptors (Lipinski definition) is 6. The van der Waals surface area contributed by atoms with Gasteiger partial charge >= 0.3 is 12.2 Å². The van der Waals surface area contributed by atoms with Crippen molar-refractivity contribution in [2.45, 2.75) is 77.3 Å². The zero-order valence-corrected chi connectivity index (χ0v) is 18.9. The lowest BCUT2D eigenvalue weighted by molar-refractivity contribution is -0.129. The van der Waals surface area contributed by atoms with Crippen LogP contribution in [0.2, 0.25) is 0 Å². The molecule has 1 aromatic rings. The monoisotopic (exact) mass is 432 g/mol. The highest BCUT2D eigenvalue weighted by Gasteiger charge is 2.46. The Bertz CT molecular complexity index is 817. The normalized spacial score (nSPS) is 23.1. The largest absolute Gasteiger partial charge is 0.447 e. The lowest BCUT2D eigenvalue weighted by Gasteiger charge is -2.35. The summed E-state index contributed by atoms with van der Waals surface area (Å²) in [4.78, 5) is 40.7. The van der Waals surface area contributed by atoms with Crippen molar-refractivity contribution in [2.24, 2.45) is 0 Å². The predicted octanol–water partition coefficient (Wildman–Crippen LogP) is 3.73. The average molecular weight is 433 g/mol. The quantitative estimate of drug-likeness (QED) is 0.705. The standard InChI is InChI=1S/C23H32N2O6/c1-22(2,3)31-21(28)25-17(15-30-23(25,4)5)11-12-19(26)24-18(14-29-20(24)27)13-16-9-7-6-8-10-16/h6-10,17-18H,11-15H2,1-5H3/t17-,18+/m0/s1. The number of amides is 3. The number of ether oxygens (including phenoxy) is 3. The minimum absolute atomic E-state index is 0.101. The highest BCUT2D eigenvalue weighted by molar-refractivity contribution is 5.93. The topological polar surface area (TPSA) is 85.4 Å². The number of carbonyl (C=O) groups is 3. The van der Waals surface area contributed by atoms with Crippen molar-refractivity contribution in [1.82, 2.24) is 9.80 Å². The Hall–Kier alpha value is -2.61. The Labute approximate surface area is 183 Å². The summed E-state index contributed by atoms with van der Waals surface area (Å²) >= 11 is 0. The van der Waals surface area contributed by atoms with Crippen molar-refractivity contribution in [3.05, 3.63) is 35.9 Å². The molecule has 0 radical (unpaired) electrons. The lowest BCUT2D eigenvalue weighted by atomic mass is 10.0. The molecule has 8 heteroatoms. The summed E-state index contributed by atoms with van der Waals surface area (Å²) in [5.41, 5.74) is -0.441. The van der Waals surface area contributed by atoms with E-state index >= 15 is 0 Å². The van der Waals surface area contributed by atoms with Gasteiger partial charge in [-0.2, -0.15) is 0 Å². The fourth-order valence-corrected chi connectivity index (χ4v) is 3.99. The van der Waals surface area contributed by atoms with Gasteiger partial charge in [0.1, 0.15) is 17.9 Å². The van der Waals surface area contributed by atoms with Gasteiger partial charge < -0.3 is 14.2 Å². The van der Waals surface area contributed by atoms with Crippen LogP contribution in [0.25, 0.3) is 0 Å². The number of rotatable bonds is 5. The van der Waals surface area contributed by atoms with E-state index in [2.05, 4.69) is 0 Å². The first-order valence-corrected chi connectivity index (χ1v) is 10.7. The van der Waals surface area contributed by atoms with Gasteiger partial charge in [-0.05, 0) is 53.0 Å². The maximum absolute atomic E-state index is 12.9. The highest BCUT2D eigenvalue weighted by Crippen LogP contribution is 2.32. The second kappa shape index (κ2) is 8.86. The van der Waals surface area contributed by atoms with Crippen molar-refractivity contribution in [1.29, 1.82) is 0 Å². The van der Waals surface area contributed by atoms with Crippen molar-refractivity contribution in [2.75, 3.05) is 13.2 Å². The maximum atomic E-state index is 12.9. The molecule has 3 rings (SSSR count). The van der Waals surface area contributed by atoms with Gasteiger partial charge in [0.2, 0.25) is 5.91 Å². The van der Waals surface area contributed by atoms with Crippen LogP contribution in [0.1, 0.15) is 53.0 Å². The molecule has 170 valence electrons. The van der Waals surface area contributed by atoms with Crippen LogP contribution >= 0.6 is 0 Å². The Kier molecular flexibility index (Phi) is 6.59. The van der Waals surface area contributed by atoms with Gasteiger partial charge in [0.25, 0.3) is 0 Å². The van der Waals surface area contributed by atoms with Gasteiger partial charge in [0.15, 0.2) is 0 Å². The number of cyclic esters (lactones) is 1. The van der Waals surface area contributed by atoms with E-state index in [1.807, 2.05) is 30.3 Å². The van der Waals surface area contributed by atoms with Crippen LogP contribution in [0.5, 0.6) is 0 Å². The van der Waals surface area contributed by atoms with E-state index in [0.717, 1.165) is 5.56 Å². The zero-order valence-electron chi connectivity index (χ0n) is 18.9. The van der Waals surface area contributed by atoms with E-state index in [4.69, 9.17) is 14.2 Å². The van der Waals surface area contributed by atoms with E-state index < -0.39 is 23.5 Å². The summed E-state index contributed by atoms with van der Waals surface area (Å²) in [5, 5.41) is 0. The Morgan fingerprint density at radius 1 is 1.13 bits per heavy atom. The first-order valence-electron chi connectivity index (χ1n) is 10.7. The molecule has 0 aliphatic carbocycles. The van der Waals surface area contributed by atoms with E-state index in [-0.39, 0.29) is 31.0 Å². The summed E-state index contributed by atoms with van der Waals surface area (Å²) in [6.07, 6.45) is -0.0809. The fourth-order valence-electron chi connectivity index (χ4n) is 3.99. The molecule has 3 amide bonds. The van der Waals surface area contributed by atoms with Crippen molar-refractivity contribution in [3.63, 3.8) is 0 Å². The highest BCUT2D eigenvalue weighted by atomic mass is 16.6. The molecule has 8 nitrogen and oxygen atoms in total. The van der Waals surface area contributed by atoms with Gasteiger partial charge in [0, 0.05) is 6.42 Å². The second-order valence-electron chi connectivity index (χ2n) is 9.48. The van der Waals surface area contributed by atoms with Gasteiger partial charge in [-0.1, -0.05) is 30.3 Å². The molecule has 2 fully saturated rings. The Morgan fingerprint density at radius 3 is 2.45 bits per heavy atom. The molecule has 2 heterocycles. The number of hydrogen-bond donors (Lipinski definition) is 0. The molecule has 0 aromatic heterocycles. The van der Waals surface area contributed by atoms with Gasteiger partial charge in [-0.15, -0.1) is 0 Å². The molecule has 0 unspecified atom stereocenters. The molecule has 2 saturated heterocycles. The van der Waals surface area contributed by atoms with Crippen molar-refractivity contribution >= 4 is 18.1 Å². The molecular weight excluding hydrogens is 400 g/mol. The van der Waals surface area contributed by atoms with Crippen molar-refractivity contribution < 1.29 is 28.6 Å². The van der Waals surface area contributed by atoms with E-state index in [1.165, 1.54) is 4.90 Å². The van der Waals surface area contributed by atoms with Crippen LogP contribution in [-0.2, 0) is 25.4 Å².